The molecule has 2 heterocycles. The molecule has 4 aliphatic carbocycles. The zero-order valence-corrected chi connectivity index (χ0v) is 43.7. The molecular weight excluding hydrogens is 911 g/mol. The van der Waals surface area contributed by atoms with E-state index in [1.54, 1.807) is 0 Å². The Morgan fingerprint density at radius 1 is 0.307 bits per heavy atom. The maximum atomic E-state index is 7.09. The molecule has 12 aromatic rings. The van der Waals surface area contributed by atoms with Gasteiger partial charge in [-0.15, -0.1) is 0 Å². The molecule has 0 spiro atoms. The van der Waals surface area contributed by atoms with Gasteiger partial charge in [0.15, 0.2) is 0 Å². The molecule has 3 nitrogen and oxygen atoms in total. The summed E-state index contributed by atoms with van der Waals surface area (Å²) in [5.74, 6) is 0. The predicted octanol–water partition coefficient (Wildman–Crippen LogP) is 19.8. The average molecular weight is 966 g/mol. The second-order valence-corrected chi connectivity index (χ2v) is 24.0. The number of fused-ring (bicyclic) bond motifs is 22. The van der Waals surface area contributed by atoms with E-state index in [1.165, 1.54) is 122 Å². The Morgan fingerprint density at radius 2 is 0.853 bits per heavy atom. The summed E-state index contributed by atoms with van der Waals surface area (Å²) in [6.07, 6.45) is 0. The molecular formula is C72H55NO2. The van der Waals surface area contributed by atoms with Crippen LogP contribution in [0.3, 0.4) is 0 Å². The third-order valence-corrected chi connectivity index (χ3v) is 18.6. The molecule has 0 N–H and O–H groups in total. The van der Waals surface area contributed by atoms with Crippen molar-refractivity contribution in [3.63, 3.8) is 0 Å². The molecule has 16 rings (SSSR count). The van der Waals surface area contributed by atoms with Crippen molar-refractivity contribution in [1.82, 2.24) is 0 Å². The van der Waals surface area contributed by atoms with E-state index in [4.69, 9.17) is 8.83 Å². The summed E-state index contributed by atoms with van der Waals surface area (Å²) in [6, 6.07) is 70.2. The molecule has 2 aromatic heterocycles. The summed E-state index contributed by atoms with van der Waals surface area (Å²) in [6.45, 7) is 19.4. The number of hydrogen-bond donors (Lipinski definition) is 0. The fraction of sp³-hybridized carbons (Fsp3) is 0.167. The van der Waals surface area contributed by atoms with Crippen LogP contribution in [0.5, 0.6) is 0 Å². The van der Waals surface area contributed by atoms with E-state index in [1.807, 2.05) is 0 Å². The molecule has 0 unspecified atom stereocenters. The average Bonchev–Trinajstić information content (AvgIpc) is 4.40. The maximum absolute atomic E-state index is 7.09. The summed E-state index contributed by atoms with van der Waals surface area (Å²) < 4.78 is 13.6. The van der Waals surface area contributed by atoms with Crippen LogP contribution in [0.2, 0.25) is 0 Å². The zero-order chi connectivity index (χ0) is 50.7. The molecule has 0 amide bonds. The second-order valence-electron chi connectivity index (χ2n) is 24.0. The van der Waals surface area contributed by atoms with Gasteiger partial charge >= 0.3 is 0 Å². The monoisotopic (exact) mass is 965 g/mol. The van der Waals surface area contributed by atoms with Crippen LogP contribution in [0.1, 0.15) is 99.9 Å². The molecule has 4 aliphatic rings. The largest absolute Gasteiger partial charge is 0.456 e. The fourth-order valence-electron chi connectivity index (χ4n) is 15.0. The Bertz CT molecular complexity index is 4530. The Labute approximate surface area is 437 Å². The smallest absolute Gasteiger partial charge is 0.144 e. The van der Waals surface area contributed by atoms with Crippen LogP contribution in [0.15, 0.2) is 197 Å². The minimum absolute atomic E-state index is 0.184. The number of para-hydroxylation sites is 2. The third-order valence-electron chi connectivity index (χ3n) is 18.6. The second kappa shape index (κ2) is 14.3. The number of hydrogen-bond acceptors (Lipinski definition) is 3. The van der Waals surface area contributed by atoms with E-state index < -0.39 is 0 Å². The summed E-state index contributed by atoms with van der Waals surface area (Å²) in [7, 11) is 0. The van der Waals surface area contributed by atoms with E-state index in [0.29, 0.717) is 0 Å². The fourth-order valence-corrected chi connectivity index (χ4v) is 15.0. The first-order valence-electron chi connectivity index (χ1n) is 26.7. The Kier molecular flexibility index (Phi) is 8.18. The molecule has 0 bridgehead atoms. The van der Waals surface area contributed by atoms with Gasteiger partial charge in [0.2, 0.25) is 0 Å². The molecule has 0 radical (unpaired) electrons. The number of rotatable bonds is 4. The molecule has 75 heavy (non-hydrogen) atoms. The van der Waals surface area contributed by atoms with Crippen molar-refractivity contribution < 1.29 is 8.83 Å². The number of nitrogens with zero attached hydrogens (tertiary/aromatic N) is 1. The van der Waals surface area contributed by atoms with Crippen LogP contribution in [0, 0.1) is 0 Å². The van der Waals surface area contributed by atoms with Gasteiger partial charge in [-0.25, -0.2) is 0 Å². The van der Waals surface area contributed by atoms with Crippen molar-refractivity contribution in [2.45, 2.75) is 77.0 Å². The van der Waals surface area contributed by atoms with Gasteiger partial charge < -0.3 is 13.7 Å². The van der Waals surface area contributed by atoms with Gasteiger partial charge in [-0.1, -0.05) is 177 Å². The van der Waals surface area contributed by atoms with Gasteiger partial charge in [-0.05, 0) is 161 Å². The number of furan rings is 2. The topological polar surface area (TPSA) is 29.5 Å². The van der Waals surface area contributed by atoms with Gasteiger partial charge in [-0.3, -0.25) is 0 Å². The third kappa shape index (κ3) is 5.40. The van der Waals surface area contributed by atoms with Crippen molar-refractivity contribution in [3.05, 3.63) is 233 Å². The first-order valence-corrected chi connectivity index (χ1v) is 26.7. The molecule has 3 heteroatoms. The molecule has 0 saturated carbocycles. The summed E-state index contributed by atoms with van der Waals surface area (Å²) in [5, 5.41) is 4.80. The molecule has 0 aliphatic heterocycles. The van der Waals surface area contributed by atoms with E-state index in [0.717, 1.165) is 39.4 Å². The SMILES string of the molecule is CC1(C)c2cc(N(c3cccc(-c4ccccc4)c3)c3ccc4c(c3)C(C)(C)c3c5c(c6c(oc7ccccc76)c3-4)-c3ccccc3C5(C)C)ccc2-c2cc3c(cc21)-c1c(ccc2oc4ccccc4c12)C3(C)C. The van der Waals surface area contributed by atoms with Crippen LogP contribution in [-0.4, -0.2) is 0 Å². The summed E-state index contributed by atoms with van der Waals surface area (Å²) >= 11 is 0. The molecule has 0 atom stereocenters. The van der Waals surface area contributed by atoms with Crippen molar-refractivity contribution in [2.24, 2.45) is 0 Å². The highest BCUT2D eigenvalue weighted by Crippen LogP contribution is 2.64. The zero-order valence-electron chi connectivity index (χ0n) is 43.7. The summed E-state index contributed by atoms with van der Waals surface area (Å²) in [5.41, 5.74) is 29.9. The van der Waals surface area contributed by atoms with E-state index in [-0.39, 0.29) is 21.7 Å². The maximum Gasteiger partial charge on any atom is 0.144 e. The highest BCUT2D eigenvalue weighted by atomic mass is 16.3. The molecule has 360 valence electrons. The first kappa shape index (κ1) is 43.0. The van der Waals surface area contributed by atoms with Gasteiger partial charge in [0.05, 0.1) is 0 Å². The predicted molar refractivity (Wildman–Crippen MR) is 311 cm³/mol. The van der Waals surface area contributed by atoms with Crippen LogP contribution in [0.4, 0.5) is 17.1 Å². The highest BCUT2D eigenvalue weighted by Gasteiger charge is 2.49. The highest BCUT2D eigenvalue weighted by molar-refractivity contribution is 6.21. The van der Waals surface area contributed by atoms with E-state index in [9.17, 15) is 0 Å². The lowest BCUT2D eigenvalue weighted by atomic mass is 9.72. The van der Waals surface area contributed by atoms with Crippen molar-refractivity contribution in [3.8, 4) is 55.6 Å². The molecule has 10 aromatic carbocycles. The normalized spacial score (nSPS) is 16.2. The van der Waals surface area contributed by atoms with Crippen LogP contribution < -0.4 is 4.90 Å². The first-order chi connectivity index (χ1) is 36.2. The Morgan fingerprint density at radius 3 is 1.63 bits per heavy atom. The lowest BCUT2D eigenvalue weighted by Gasteiger charge is -2.32. The Hall–Kier alpha value is -8.40. The minimum atomic E-state index is -0.350. The molecule has 0 fully saturated rings. The standard InChI is InChI=1S/C72H55NO2/c1-69(2)53-33-34-60-62(48-24-13-16-27-58(48)74-60)61(53)51-39-56-50(38-57(51)69)45-31-29-43(36-54(45)70(56,3)4)73(42-22-18-21-41(35-42)40-19-10-9-11-20-40)44-30-32-47-55(37-44)72(7,8)67-65(47)68-64(49-25-14-17-28-59(49)75-68)63-46-23-12-15-26-52(46)71(5,6)66(63)67/h9-39H,1-8H3. The van der Waals surface area contributed by atoms with Crippen LogP contribution in [0.25, 0.3) is 99.5 Å². The van der Waals surface area contributed by atoms with Gasteiger partial charge in [-0.2, -0.15) is 0 Å². The Balaban J connectivity index is 0.892. The lowest BCUT2D eigenvalue weighted by molar-refractivity contribution is 0.600. The molecule has 0 saturated heterocycles. The lowest BCUT2D eigenvalue weighted by Crippen LogP contribution is -2.24. The van der Waals surface area contributed by atoms with Gasteiger partial charge in [0.1, 0.15) is 22.3 Å². The van der Waals surface area contributed by atoms with Crippen molar-refractivity contribution in [2.75, 3.05) is 4.90 Å². The van der Waals surface area contributed by atoms with E-state index in [2.05, 4.69) is 248 Å². The van der Waals surface area contributed by atoms with Gasteiger partial charge in [0, 0.05) is 65.8 Å². The van der Waals surface area contributed by atoms with Crippen molar-refractivity contribution >= 4 is 60.9 Å². The van der Waals surface area contributed by atoms with Crippen LogP contribution >= 0.6 is 0 Å². The number of benzene rings is 10. The minimum Gasteiger partial charge on any atom is -0.456 e. The number of anilines is 3. The van der Waals surface area contributed by atoms with E-state index >= 15 is 0 Å². The quantitative estimate of drug-likeness (QED) is 0.176. The van der Waals surface area contributed by atoms with Crippen molar-refractivity contribution in [1.29, 1.82) is 0 Å². The van der Waals surface area contributed by atoms with Gasteiger partial charge in [0.25, 0.3) is 0 Å². The van der Waals surface area contributed by atoms with Crippen LogP contribution in [-0.2, 0) is 21.7 Å². The summed E-state index contributed by atoms with van der Waals surface area (Å²) in [4.78, 5) is 2.51.